The molecule has 1 saturated heterocycles. The summed E-state index contributed by atoms with van der Waals surface area (Å²) >= 11 is 0. The highest BCUT2D eigenvalue weighted by Crippen LogP contribution is 2.06. The van der Waals surface area contributed by atoms with Crippen molar-refractivity contribution < 1.29 is 9.84 Å². The topological polar surface area (TPSA) is 66.4 Å². The molecule has 122 valence electrons. The van der Waals surface area contributed by atoms with Crippen LogP contribution in [0.4, 0.5) is 0 Å². The van der Waals surface area contributed by atoms with Gasteiger partial charge in [-0.05, 0) is 37.1 Å². The molecule has 1 aromatic rings. The Morgan fingerprint density at radius 3 is 2.86 bits per heavy atom. The quantitative estimate of drug-likeness (QED) is 0.670. The molecule has 1 aliphatic rings. The number of ether oxygens (including phenoxy) is 1. The van der Waals surface area contributed by atoms with Crippen molar-refractivity contribution in [3.05, 3.63) is 30.1 Å². The first-order valence-electron chi connectivity index (χ1n) is 6.89. The van der Waals surface area contributed by atoms with E-state index in [1.807, 2.05) is 24.5 Å². The minimum absolute atomic E-state index is 0. The van der Waals surface area contributed by atoms with Gasteiger partial charge in [-0.3, -0.25) is 4.98 Å². The summed E-state index contributed by atoms with van der Waals surface area (Å²) in [5, 5.41) is 16.8. The number of rotatable bonds is 6. The van der Waals surface area contributed by atoms with E-state index in [4.69, 9.17) is 4.74 Å². The minimum Gasteiger partial charge on any atom is -0.385 e. The standard InChI is InChI=1S/C14H23N3O2.2ClH/c18-14(11-17-8-9-19-12-14)10-16-5-1-2-13-3-6-15-7-4-13;;/h3-4,6-7,16-18H,1-2,5,8-12H2;2*1H. The smallest absolute Gasteiger partial charge is 0.113 e. The molecule has 1 aromatic heterocycles. The van der Waals surface area contributed by atoms with Crippen LogP contribution in [0.25, 0.3) is 0 Å². The van der Waals surface area contributed by atoms with Crippen molar-refractivity contribution in [1.29, 1.82) is 0 Å². The molecule has 7 heteroatoms. The van der Waals surface area contributed by atoms with E-state index in [2.05, 4.69) is 15.6 Å². The predicted octanol–water partition coefficient (Wildman–Crippen LogP) is 0.798. The van der Waals surface area contributed by atoms with Gasteiger partial charge in [0, 0.05) is 32.0 Å². The van der Waals surface area contributed by atoms with Gasteiger partial charge in [0.25, 0.3) is 0 Å². The van der Waals surface area contributed by atoms with E-state index in [1.54, 1.807) is 0 Å². The lowest BCUT2D eigenvalue weighted by Gasteiger charge is -2.26. The maximum Gasteiger partial charge on any atom is 0.113 e. The zero-order valence-electron chi connectivity index (χ0n) is 12.1. The van der Waals surface area contributed by atoms with Crippen molar-refractivity contribution in [1.82, 2.24) is 15.6 Å². The SMILES string of the molecule is Cl.Cl.OC1(CNCCCc2ccncc2)CNCCOC1. The molecule has 0 saturated carbocycles. The van der Waals surface area contributed by atoms with E-state index in [0.29, 0.717) is 26.3 Å². The molecule has 0 aromatic carbocycles. The largest absolute Gasteiger partial charge is 0.385 e. The lowest BCUT2D eigenvalue weighted by molar-refractivity contribution is -0.0261. The zero-order valence-corrected chi connectivity index (χ0v) is 13.7. The van der Waals surface area contributed by atoms with Crippen LogP contribution in [0.15, 0.2) is 24.5 Å². The van der Waals surface area contributed by atoms with Crippen molar-refractivity contribution in [3.63, 3.8) is 0 Å². The van der Waals surface area contributed by atoms with Crippen molar-refractivity contribution in [2.75, 3.05) is 39.4 Å². The average molecular weight is 338 g/mol. The highest BCUT2D eigenvalue weighted by atomic mass is 35.5. The summed E-state index contributed by atoms with van der Waals surface area (Å²) in [7, 11) is 0. The van der Waals surface area contributed by atoms with Gasteiger partial charge < -0.3 is 20.5 Å². The first kappa shape index (κ1) is 20.6. The number of nitrogens with one attached hydrogen (secondary N) is 2. The Labute approximate surface area is 138 Å². The van der Waals surface area contributed by atoms with Gasteiger partial charge in [0.15, 0.2) is 0 Å². The monoisotopic (exact) mass is 337 g/mol. The molecule has 0 spiro atoms. The molecule has 5 nitrogen and oxygen atoms in total. The molecule has 0 bridgehead atoms. The van der Waals surface area contributed by atoms with Crippen LogP contribution in [-0.4, -0.2) is 55.1 Å². The molecule has 2 heterocycles. The van der Waals surface area contributed by atoms with Crippen LogP contribution < -0.4 is 10.6 Å². The third kappa shape index (κ3) is 7.95. The number of β-amino-alcohol motifs (C(OH)–C–C–N with tert-alkyl or cyclic N) is 1. The van der Waals surface area contributed by atoms with Gasteiger partial charge >= 0.3 is 0 Å². The summed E-state index contributed by atoms with van der Waals surface area (Å²) in [5.41, 5.74) is 0.516. The number of aromatic nitrogens is 1. The summed E-state index contributed by atoms with van der Waals surface area (Å²) in [4.78, 5) is 4.00. The van der Waals surface area contributed by atoms with Crippen LogP contribution in [0, 0.1) is 0 Å². The lowest BCUT2D eigenvalue weighted by Crippen LogP contribution is -2.50. The highest BCUT2D eigenvalue weighted by Gasteiger charge is 2.28. The van der Waals surface area contributed by atoms with E-state index in [0.717, 1.165) is 25.9 Å². The second kappa shape index (κ2) is 11.2. The molecule has 0 aliphatic carbocycles. The van der Waals surface area contributed by atoms with Crippen molar-refractivity contribution >= 4 is 24.8 Å². The second-order valence-corrected chi connectivity index (χ2v) is 5.09. The molecule has 1 aliphatic heterocycles. The van der Waals surface area contributed by atoms with Crippen molar-refractivity contribution in [2.24, 2.45) is 0 Å². The molecule has 2 rings (SSSR count). The Balaban J connectivity index is 0.00000200. The van der Waals surface area contributed by atoms with E-state index in [1.165, 1.54) is 5.56 Å². The highest BCUT2D eigenvalue weighted by molar-refractivity contribution is 5.85. The molecule has 0 amide bonds. The van der Waals surface area contributed by atoms with Gasteiger partial charge in [0.1, 0.15) is 5.60 Å². The molecular formula is C14H25Cl2N3O2. The summed E-state index contributed by atoms with van der Waals surface area (Å²) in [5.74, 6) is 0. The predicted molar refractivity (Wildman–Crippen MR) is 88.6 cm³/mol. The number of halogens is 2. The molecule has 1 unspecified atom stereocenters. The van der Waals surface area contributed by atoms with Gasteiger partial charge in [-0.1, -0.05) is 0 Å². The maximum atomic E-state index is 10.3. The zero-order chi connectivity index (χ0) is 13.4. The Morgan fingerprint density at radius 1 is 1.33 bits per heavy atom. The van der Waals surface area contributed by atoms with E-state index >= 15 is 0 Å². The van der Waals surface area contributed by atoms with Crippen LogP contribution in [0.5, 0.6) is 0 Å². The number of pyridine rings is 1. The Kier molecular flexibility index (Phi) is 11.0. The number of aryl methyl sites for hydroxylation is 1. The van der Waals surface area contributed by atoms with Gasteiger partial charge in [0.05, 0.1) is 13.2 Å². The van der Waals surface area contributed by atoms with E-state index < -0.39 is 5.60 Å². The number of hydrogen-bond acceptors (Lipinski definition) is 5. The Morgan fingerprint density at radius 2 is 2.10 bits per heavy atom. The number of hydrogen-bond donors (Lipinski definition) is 3. The molecule has 21 heavy (non-hydrogen) atoms. The minimum atomic E-state index is -0.785. The van der Waals surface area contributed by atoms with Gasteiger partial charge in [-0.15, -0.1) is 24.8 Å². The number of nitrogens with zero attached hydrogens (tertiary/aromatic N) is 1. The normalized spacial score (nSPS) is 21.8. The molecular weight excluding hydrogens is 313 g/mol. The van der Waals surface area contributed by atoms with Gasteiger partial charge in [0.2, 0.25) is 0 Å². The number of aliphatic hydroxyl groups is 1. The summed E-state index contributed by atoms with van der Waals surface area (Å²) < 4.78 is 5.38. The fourth-order valence-electron chi connectivity index (χ4n) is 2.18. The second-order valence-electron chi connectivity index (χ2n) is 5.09. The van der Waals surface area contributed by atoms with E-state index in [-0.39, 0.29) is 24.8 Å². The molecule has 1 atom stereocenters. The van der Waals surface area contributed by atoms with Crippen LogP contribution in [0.3, 0.4) is 0 Å². The first-order valence-corrected chi connectivity index (χ1v) is 6.89. The lowest BCUT2D eigenvalue weighted by atomic mass is 10.1. The van der Waals surface area contributed by atoms with Crippen LogP contribution in [0.1, 0.15) is 12.0 Å². The fourth-order valence-corrected chi connectivity index (χ4v) is 2.18. The summed E-state index contributed by atoms with van der Waals surface area (Å²) in [6.45, 7) is 3.93. The van der Waals surface area contributed by atoms with Gasteiger partial charge in [-0.2, -0.15) is 0 Å². The Hall–Kier alpha value is -0.430. The van der Waals surface area contributed by atoms with E-state index in [9.17, 15) is 5.11 Å². The van der Waals surface area contributed by atoms with Gasteiger partial charge in [-0.25, -0.2) is 0 Å². The third-order valence-electron chi connectivity index (χ3n) is 3.27. The molecule has 0 radical (unpaired) electrons. The van der Waals surface area contributed by atoms with Crippen molar-refractivity contribution in [3.8, 4) is 0 Å². The average Bonchev–Trinajstić information content (AvgIpc) is 2.65. The maximum absolute atomic E-state index is 10.3. The third-order valence-corrected chi connectivity index (χ3v) is 3.27. The first-order chi connectivity index (χ1) is 9.29. The molecule has 1 fully saturated rings. The van der Waals surface area contributed by atoms with Crippen molar-refractivity contribution in [2.45, 2.75) is 18.4 Å². The summed E-state index contributed by atoms with van der Waals surface area (Å²) in [6.07, 6.45) is 5.72. The molecule has 3 N–H and O–H groups in total. The van der Waals surface area contributed by atoms with Crippen LogP contribution in [0.2, 0.25) is 0 Å². The summed E-state index contributed by atoms with van der Waals surface area (Å²) in [6, 6.07) is 4.08. The van der Waals surface area contributed by atoms with Crippen LogP contribution >= 0.6 is 24.8 Å². The Bertz CT molecular complexity index is 360. The fraction of sp³-hybridized carbons (Fsp3) is 0.643. The van der Waals surface area contributed by atoms with Crippen LogP contribution in [-0.2, 0) is 11.2 Å².